The van der Waals surface area contributed by atoms with Crippen molar-refractivity contribution in [3.63, 3.8) is 0 Å². The predicted molar refractivity (Wildman–Crippen MR) is 80.1 cm³/mol. The van der Waals surface area contributed by atoms with Crippen LogP contribution in [0.1, 0.15) is 39.9 Å². The Bertz CT molecular complexity index is 696. The van der Waals surface area contributed by atoms with E-state index in [1.165, 1.54) is 17.8 Å². The van der Waals surface area contributed by atoms with Crippen LogP contribution in [0, 0.1) is 19.7 Å². The molecule has 5 heteroatoms. The number of carbonyl (C=O) groups is 1. The molecule has 1 aromatic carbocycles. The molecule has 1 aliphatic rings. The number of rotatable bonds is 2. The third-order valence-electron chi connectivity index (χ3n) is 3.62. The molecule has 1 aromatic heterocycles. The minimum absolute atomic E-state index is 0.154. The lowest BCUT2D eigenvalue weighted by atomic mass is 10.0. The van der Waals surface area contributed by atoms with Crippen LogP contribution < -0.4 is 5.32 Å². The van der Waals surface area contributed by atoms with Gasteiger partial charge in [-0.15, -0.1) is 11.8 Å². The highest BCUT2D eigenvalue weighted by Gasteiger charge is 2.25. The SMILES string of the molecule is Cc1cc(C(=O)NC2CCSc3c(F)cccc32)c(C)o1. The highest BCUT2D eigenvalue weighted by atomic mass is 32.2. The number of benzene rings is 1. The number of amides is 1. The normalized spacial score (nSPS) is 17.4. The van der Waals surface area contributed by atoms with Gasteiger partial charge in [0, 0.05) is 10.6 Å². The summed E-state index contributed by atoms with van der Waals surface area (Å²) in [6, 6.07) is 6.60. The average molecular weight is 305 g/mol. The molecular formula is C16H16FNO2S. The van der Waals surface area contributed by atoms with E-state index in [2.05, 4.69) is 5.32 Å². The van der Waals surface area contributed by atoms with Crippen molar-refractivity contribution in [1.29, 1.82) is 0 Å². The Morgan fingerprint density at radius 1 is 1.43 bits per heavy atom. The molecule has 2 aromatic rings. The van der Waals surface area contributed by atoms with Crippen molar-refractivity contribution in [3.05, 3.63) is 52.7 Å². The zero-order chi connectivity index (χ0) is 15.0. The molecule has 3 rings (SSSR count). The van der Waals surface area contributed by atoms with Gasteiger partial charge in [0.2, 0.25) is 0 Å². The average Bonchev–Trinajstić information content (AvgIpc) is 2.79. The van der Waals surface area contributed by atoms with Crippen LogP contribution in [-0.2, 0) is 0 Å². The number of halogens is 1. The first-order valence-electron chi connectivity index (χ1n) is 6.85. The van der Waals surface area contributed by atoms with E-state index in [-0.39, 0.29) is 17.8 Å². The highest BCUT2D eigenvalue weighted by Crippen LogP contribution is 2.37. The number of furan rings is 1. The summed E-state index contributed by atoms with van der Waals surface area (Å²) in [4.78, 5) is 13.0. The van der Waals surface area contributed by atoms with Gasteiger partial charge in [-0.25, -0.2) is 4.39 Å². The molecule has 0 spiro atoms. The van der Waals surface area contributed by atoms with Crippen LogP contribution in [0.5, 0.6) is 0 Å². The Balaban J connectivity index is 1.85. The second-order valence-corrected chi connectivity index (χ2v) is 6.25. The van der Waals surface area contributed by atoms with Gasteiger partial charge in [0.25, 0.3) is 5.91 Å². The largest absolute Gasteiger partial charge is 0.466 e. The maximum absolute atomic E-state index is 13.8. The fraction of sp³-hybridized carbons (Fsp3) is 0.312. The van der Waals surface area contributed by atoms with Crippen molar-refractivity contribution in [2.45, 2.75) is 31.2 Å². The van der Waals surface area contributed by atoms with E-state index in [1.807, 2.05) is 13.0 Å². The van der Waals surface area contributed by atoms with Crippen molar-refractivity contribution in [1.82, 2.24) is 5.32 Å². The predicted octanol–water partition coefficient (Wildman–Crippen LogP) is 4.00. The number of aryl methyl sites for hydroxylation is 2. The first-order chi connectivity index (χ1) is 10.1. The topological polar surface area (TPSA) is 42.2 Å². The van der Waals surface area contributed by atoms with Gasteiger partial charge >= 0.3 is 0 Å². The molecule has 1 amide bonds. The van der Waals surface area contributed by atoms with E-state index in [4.69, 9.17) is 4.42 Å². The quantitative estimate of drug-likeness (QED) is 0.912. The van der Waals surface area contributed by atoms with Crippen LogP contribution in [0.15, 0.2) is 33.6 Å². The number of fused-ring (bicyclic) bond motifs is 1. The van der Waals surface area contributed by atoms with Gasteiger partial charge in [0.15, 0.2) is 0 Å². The maximum atomic E-state index is 13.8. The number of hydrogen-bond acceptors (Lipinski definition) is 3. The van der Waals surface area contributed by atoms with Gasteiger partial charge in [-0.1, -0.05) is 12.1 Å². The van der Waals surface area contributed by atoms with E-state index in [1.54, 1.807) is 19.1 Å². The Labute approximate surface area is 126 Å². The van der Waals surface area contributed by atoms with Crippen LogP contribution in [0.25, 0.3) is 0 Å². The number of hydrogen-bond donors (Lipinski definition) is 1. The molecule has 3 nitrogen and oxygen atoms in total. The lowest BCUT2D eigenvalue weighted by molar-refractivity contribution is 0.0933. The molecule has 2 heterocycles. The Morgan fingerprint density at radius 3 is 2.95 bits per heavy atom. The van der Waals surface area contributed by atoms with Gasteiger partial charge in [-0.3, -0.25) is 4.79 Å². The smallest absolute Gasteiger partial charge is 0.255 e. The summed E-state index contributed by atoms with van der Waals surface area (Å²) in [5.74, 6) is 1.73. The van der Waals surface area contributed by atoms with Crippen molar-refractivity contribution >= 4 is 17.7 Å². The molecule has 21 heavy (non-hydrogen) atoms. The van der Waals surface area contributed by atoms with Crippen molar-refractivity contribution in [3.8, 4) is 0 Å². The first kappa shape index (κ1) is 14.2. The third kappa shape index (κ3) is 2.70. The Kier molecular flexibility index (Phi) is 3.76. The van der Waals surface area contributed by atoms with Crippen LogP contribution in [0.3, 0.4) is 0 Å². The van der Waals surface area contributed by atoms with Gasteiger partial charge in [0.05, 0.1) is 11.6 Å². The molecule has 1 aliphatic heterocycles. The minimum Gasteiger partial charge on any atom is -0.466 e. The van der Waals surface area contributed by atoms with Crippen molar-refractivity contribution < 1.29 is 13.6 Å². The van der Waals surface area contributed by atoms with Crippen LogP contribution in [0.2, 0.25) is 0 Å². The van der Waals surface area contributed by atoms with Gasteiger partial charge in [-0.05, 0) is 38.0 Å². The molecule has 0 fully saturated rings. The minimum atomic E-state index is -0.216. The lowest BCUT2D eigenvalue weighted by Gasteiger charge is -2.26. The lowest BCUT2D eigenvalue weighted by Crippen LogP contribution is -2.31. The highest BCUT2D eigenvalue weighted by molar-refractivity contribution is 7.99. The molecule has 0 bridgehead atoms. The fourth-order valence-electron chi connectivity index (χ4n) is 2.63. The van der Waals surface area contributed by atoms with E-state index in [9.17, 15) is 9.18 Å². The van der Waals surface area contributed by atoms with E-state index in [0.717, 1.165) is 17.7 Å². The summed E-state index contributed by atoms with van der Waals surface area (Å²) < 4.78 is 19.2. The molecule has 0 saturated carbocycles. The van der Waals surface area contributed by atoms with E-state index >= 15 is 0 Å². The summed E-state index contributed by atoms with van der Waals surface area (Å²) in [6.07, 6.45) is 0.794. The number of thioether (sulfide) groups is 1. The van der Waals surface area contributed by atoms with E-state index < -0.39 is 0 Å². The van der Waals surface area contributed by atoms with Crippen LogP contribution in [0.4, 0.5) is 4.39 Å². The zero-order valence-corrected chi connectivity index (χ0v) is 12.7. The molecule has 1 atom stereocenters. The monoisotopic (exact) mass is 305 g/mol. The van der Waals surface area contributed by atoms with Crippen molar-refractivity contribution in [2.75, 3.05) is 5.75 Å². The Hall–Kier alpha value is -1.75. The molecular weight excluding hydrogens is 289 g/mol. The first-order valence-corrected chi connectivity index (χ1v) is 7.84. The molecule has 0 saturated heterocycles. The fourth-order valence-corrected chi connectivity index (χ4v) is 3.77. The standard InChI is InChI=1S/C16H16FNO2S/c1-9-8-12(10(2)20-9)16(19)18-14-6-7-21-15-11(14)4-3-5-13(15)17/h3-5,8,14H,6-7H2,1-2H3,(H,18,19). The van der Waals surface area contributed by atoms with E-state index in [0.29, 0.717) is 22.0 Å². The number of nitrogens with one attached hydrogen (secondary N) is 1. The second-order valence-electron chi connectivity index (χ2n) is 5.15. The third-order valence-corrected chi connectivity index (χ3v) is 4.78. The summed E-state index contributed by atoms with van der Waals surface area (Å²) in [5, 5.41) is 2.99. The Morgan fingerprint density at radius 2 is 2.24 bits per heavy atom. The molecule has 0 aliphatic carbocycles. The second kappa shape index (κ2) is 5.56. The molecule has 0 radical (unpaired) electrons. The van der Waals surface area contributed by atoms with Crippen LogP contribution in [-0.4, -0.2) is 11.7 Å². The summed E-state index contributed by atoms with van der Waals surface area (Å²) in [7, 11) is 0. The molecule has 1 N–H and O–H groups in total. The molecule has 110 valence electrons. The number of carbonyl (C=O) groups excluding carboxylic acids is 1. The summed E-state index contributed by atoms with van der Waals surface area (Å²) >= 11 is 1.50. The summed E-state index contributed by atoms with van der Waals surface area (Å²) in [6.45, 7) is 3.58. The maximum Gasteiger partial charge on any atom is 0.255 e. The van der Waals surface area contributed by atoms with Crippen LogP contribution >= 0.6 is 11.8 Å². The molecule has 1 unspecified atom stereocenters. The van der Waals surface area contributed by atoms with Gasteiger partial charge < -0.3 is 9.73 Å². The zero-order valence-electron chi connectivity index (χ0n) is 11.9. The van der Waals surface area contributed by atoms with Crippen molar-refractivity contribution in [2.24, 2.45) is 0 Å². The van der Waals surface area contributed by atoms with Gasteiger partial charge in [0.1, 0.15) is 17.3 Å². The summed E-state index contributed by atoms with van der Waals surface area (Å²) in [5.41, 5.74) is 1.40. The van der Waals surface area contributed by atoms with Gasteiger partial charge in [-0.2, -0.15) is 0 Å².